The van der Waals surface area contributed by atoms with Crippen molar-refractivity contribution in [3.63, 3.8) is 0 Å². The van der Waals surface area contributed by atoms with Gasteiger partial charge >= 0.3 is 0 Å². The lowest BCUT2D eigenvalue weighted by atomic mass is 10.1. The van der Waals surface area contributed by atoms with Crippen LogP contribution in [0.1, 0.15) is 26.3 Å². The van der Waals surface area contributed by atoms with Gasteiger partial charge in [0, 0.05) is 17.1 Å². The van der Waals surface area contributed by atoms with Crippen molar-refractivity contribution >= 4 is 43.5 Å². The zero-order valence-electron chi connectivity index (χ0n) is 18.8. The Hall–Kier alpha value is -2.39. The minimum Gasteiger partial charge on any atom is -0.352 e. The van der Waals surface area contributed by atoms with Crippen LogP contribution in [0.2, 0.25) is 0 Å². The van der Waals surface area contributed by atoms with Gasteiger partial charge < -0.3 is 10.2 Å². The number of anilines is 1. The Labute approximate surface area is 199 Å². The number of nitrogens with zero attached hydrogens (tertiary/aromatic N) is 2. The maximum Gasteiger partial charge on any atom is 0.244 e. The average molecular weight is 524 g/mol. The Morgan fingerprint density at radius 2 is 1.59 bits per heavy atom. The molecule has 0 aliphatic rings. The molecular formula is C23H30BrN3O4S. The first-order valence-electron chi connectivity index (χ1n) is 10.4. The van der Waals surface area contributed by atoms with E-state index in [0.717, 1.165) is 20.6 Å². The number of rotatable bonds is 10. The summed E-state index contributed by atoms with van der Waals surface area (Å²) in [5.74, 6) is -0.725. The zero-order valence-corrected chi connectivity index (χ0v) is 21.2. The highest BCUT2D eigenvalue weighted by Crippen LogP contribution is 2.21. The molecule has 174 valence electrons. The normalized spacial score (nSPS) is 12.3. The van der Waals surface area contributed by atoms with Crippen LogP contribution in [0.25, 0.3) is 0 Å². The predicted molar refractivity (Wildman–Crippen MR) is 131 cm³/mol. The monoisotopic (exact) mass is 523 g/mol. The molecule has 0 aliphatic heterocycles. The van der Waals surface area contributed by atoms with Crippen molar-refractivity contribution in [2.24, 2.45) is 0 Å². The van der Waals surface area contributed by atoms with Crippen LogP contribution in [0.15, 0.2) is 59.1 Å². The van der Waals surface area contributed by atoms with Crippen LogP contribution in [-0.2, 0) is 26.0 Å². The molecule has 0 heterocycles. The third-order valence-corrected chi connectivity index (χ3v) is 6.55. The van der Waals surface area contributed by atoms with E-state index in [1.165, 1.54) is 4.90 Å². The topological polar surface area (TPSA) is 86.8 Å². The summed E-state index contributed by atoms with van der Waals surface area (Å²) in [6.07, 6.45) is 1.61. The predicted octanol–water partition coefficient (Wildman–Crippen LogP) is 3.20. The largest absolute Gasteiger partial charge is 0.352 e. The van der Waals surface area contributed by atoms with Crippen LogP contribution >= 0.6 is 15.9 Å². The van der Waals surface area contributed by atoms with Crippen molar-refractivity contribution in [3.8, 4) is 0 Å². The van der Waals surface area contributed by atoms with Crippen molar-refractivity contribution in [1.82, 2.24) is 10.2 Å². The molecule has 2 amide bonds. The molecule has 0 saturated carbocycles. The molecule has 2 aromatic rings. The zero-order chi connectivity index (χ0) is 23.9. The molecule has 0 spiro atoms. The number of sulfonamides is 1. The van der Waals surface area contributed by atoms with Gasteiger partial charge in [0.25, 0.3) is 0 Å². The molecule has 0 fully saturated rings. The molecule has 9 heteroatoms. The minimum absolute atomic E-state index is 0.0775. The van der Waals surface area contributed by atoms with Gasteiger partial charge in [0.1, 0.15) is 12.6 Å². The summed E-state index contributed by atoms with van der Waals surface area (Å²) < 4.78 is 26.8. The third-order valence-electron chi connectivity index (χ3n) is 4.88. The standard InChI is InChI=1S/C23H30BrN3O4S/c1-17(2)25-23(29)18(3)26(15-14-19-8-6-5-7-9-19)22(28)16-27(32(4,30)31)21-12-10-20(24)11-13-21/h5-13,17-18H,14-16H2,1-4H3,(H,25,29)/t18-/m1/s1. The van der Waals surface area contributed by atoms with Gasteiger partial charge in [-0.05, 0) is 57.0 Å². The van der Waals surface area contributed by atoms with Crippen LogP contribution in [0, 0.1) is 0 Å². The number of benzene rings is 2. The Morgan fingerprint density at radius 3 is 2.12 bits per heavy atom. The Bertz CT molecular complexity index is 1010. The van der Waals surface area contributed by atoms with Gasteiger partial charge in [0.05, 0.1) is 11.9 Å². The maximum atomic E-state index is 13.3. The number of carbonyl (C=O) groups is 2. The SMILES string of the molecule is CC(C)NC(=O)[C@@H](C)N(CCc1ccccc1)C(=O)CN(c1ccc(Br)cc1)S(C)(=O)=O. The van der Waals surface area contributed by atoms with Crippen LogP contribution in [-0.4, -0.2) is 56.6 Å². The molecule has 0 aromatic heterocycles. The van der Waals surface area contributed by atoms with Gasteiger partial charge in [-0.25, -0.2) is 8.42 Å². The van der Waals surface area contributed by atoms with E-state index in [1.807, 2.05) is 44.2 Å². The summed E-state index contributed by atoms with van der Waals surface area (Å²) in [6, 6.07) is 15.5. The van der Waals surface area contributed by atoms with Gasteiger partial charge in [-0.1, -0.05) is 46.3 Å². The maximum absolute atomic E-state index is 13.3. The molecule has 7 nitrogen and oxygen atoms in total. The van der Waals surface area contributed by atoms with Gasteiger partial charge in [-0.2, -0.15) is 0 Å². The van der Waals surface area contributed by atoms with Crippen molar-refractivity contribution in [3.05, 3.63) is 64.6 Å². The van der Waals surface area contributed by atoms with E-state index in [4.69, 9.17) is 0 Å². The number of hydrogen-bond acceptors (Lipinski definition) is 4. The summed E-state index contributed by atoms with van der Waals surface area (Å²) in [5, 5.41) is 2.83. The molecule has 1 atom stereocenters. The van der Waals surface area contributed by atoms with Crippen LogP contribution in [0.5, 0.6) is 0 Å². The lowest BCUT2D eigenvalue weighted by molar-refractivity contribution is -0.139. The summed E-state index contributed by atoms with van der Waals surface area (Å²) in [6.45, 7) is 5.24. The van der Waals surface area contributed by atoms with E-state index in [2.05, 4.69) is 21.2 Å². The lowest BCUT2D eigenvalue weighted by Gasteiger charge is -2.31. The number of halogens is 1. The second-order valence-corrected chi connectivity index (χ2v) is 10.7. The van der Waals surface area contributed by atoms with Crippen molar-refractivity contribution in [1.29, 1.82) is 0 Å². The Kier molecular flexibility index (Phi) is 9.27. The Balaban J connectivity index is 2.29. The fraction of sp³-hybridized carbons (Fsp3) is 0.391. The van der Waals surface area contributed by atoms with Crippen molar-refractivity contribution in [2.75, 3.05) is 23.7 Å². The number of hydrogen-bond donors (Lipinski definition) is 1. The summed E-state index contributed by atoms with van der Waals surface area (Å²) in [7, 11) is -3.72. The highest BCUT2D eigenvalue weighted by Gasteiger charge is 2.29. The fourth-order valence-corrected chi connectivity index (χ4v) is 4.31. The van der Waals surface area contributed by atoms with Gasteiger partial charge in [-0.3, -0.25) is 13.9 Å². The van der Waals surface area contributed by atoms with Crippen molar-refractivity contribution in [2.45, 2.75) is 39.3 Å². The van der Waals surface area contributed by atoms with Crippen LogP contribution in [0.4, 0.5) is 5.69 Å². The molecule has 0 unspecified atom stereocenters. The van der Waals surface area contributed by atoms with Crippen molar-refractivity contribution < 1.29 is 18.0 Å². The molecule has 0 aliphatic carbocycles. The second-order valence-electron chi connectivity index (χ2n) is 7.91. The molecule has 0 radical (unpaired) electrons. The number of nitrogens with one attached hydrogen (secondary N) is 1. The first-order valence-corrected chi connectivity index (χ1v) is 13.0. The first-order chi connectivity index (χ1) is 15.0. The molecule has 2 aromatic carbocycles. The van der Waals surface area contributed by atoms with Gasteiger partial charge in [0.15, 0.2) is 0 Å². The average Bonchev–Trinajstić information content (AvgIpc) is 2.72. The smallest absolute Gasteiger partial charge is 0.244 e. The van der Waals surface area contributed by atoms with E-state index < -0.39 is 28.5 Å². The van der Waals surface area contributed by atoms with Gasteiger partial charge in [0.2, 0.25) is 21.8 Å². The first kappa shape index (κ1) is 25.9. The highest BCUT2D eigenvalue weighted by molar-refractivity contribution is 9.10. The Morgan fingerprint density at radius 1 is 1.00 bits per heavy atom. The molecule has 0 bridgehead atoms. The molecule has 1 N–H and O–H groups in total. The molecule has 2 rings (SSSR count). The minimum atomic E-state index is -3.72. The summed E-state index contributed by atoms with van der Waals surface area (Å²) >= 11 is 3.33. The molecule has 0 saturated heterocycles. The van der Waals surface area contributed by atoms with E-state index in [0.29, 0.717) is 12.1 Å². The van der Waals surface area contributed by atoms with E-state index in [-0.39, 0.29) is 18.5 Å². The quantitative estimate of drug-likeness (QED) is 0.517. The number of carbonyl (C=O) groups excluding carboxylic acids is 2. The van der Waals surface area contributed by atoms with Crippen LogP contribution < -0.4 is 9.62 Å². The fourth-order valence-electron chi connectivity index (χ4n) is 3.20. The van der Waals surface area contributed by atoms with E-state index in [1.54, 1.807) is 31.2 Å². The highest BCUT2D eigenvalue weighted by atomic mass is 79.9. The lowest BCUT2D eigenvalue weighted by Crippen LogP contribution is -2.53. The van der Waals surface area contributed by atoms with Gasteiger partial charge in [-0.15, -0.1) is 0 Å². The van der Waals surface area contributed by atoms with Crippen LogP contribution in [0.3, 0.4) is 0 Å². The summed E-state index contributed by atoms with van der Waals surface area (Å²) in [4.78, 5) is 27.4. The number of amides is 2. The third kappa shape index (κ3) is 7.63. The molecule has 32 heavy (non-hydrogen) atoms. The second kappa shape index (κ2) is 11.5. The molecular weight excluding hydrogens is 494 g/mol. The van der Waals surface area contributed by atoms with E-state index in [9.17, 15) is 18.0 Å². The van der Waals surface area contributed by atoms with E-state index >= 15 is 0 Å². The summed E-state index contributed by atoms with van der Waals surface area (Å²) in [5.41, 5.74) is 1.40.